The molecule has 0 radical (unpaired) electrons. The van der Waals surface area contributed by atoms with Crippen molar-refractivity contribution in [2.45, 2.75) is 25.3 Å². The van der Waals surface area contributed by atoms with E-state index in [1.807, 2.05) is 20.0 Å². The van der Waals surface area contributed by atoms with Crippen molar-refractivity contribution in [2.24, 2.45) is 5.92 Å². The van der Waals surface area contributed by atoms with Crippen molar-refractivity contribution in [1.82, 2.24) is 5.32 Å². The smallest absolute Gasteiger partial charge is 0.124 e. The summed E-state index contributed by atoms with van der Waals surface area (Å²) in [5, 5.41) is 3.50. The average molecular weight is 281 g/mol. The first-order chi connectivity index (χ1) is 10.3. The second-order valence-electron chi connectivity index (χ2n) is 5.65. The second-order valence-corrected chi connectivity index (χ2v) is 5.65. The zero-order valence-corrected chi connectivity index (χ0v) is 12.8. The van der Waals surface area contributed by atoms with E-state index < -0.39 is 0 Å². The van der Waals surface area contributed by atoms with E-state index >= 15 is 0 Å². The molecule has 3 rings (SSSR count). The van der Waals surface area contributed by atoms with Gasteiger partial charge in [0.25, 0.3) is 0 Å². The van der Waals surface area contributed by atoms with E-state index in [0.717, 1.165) is 5.75 Å². The number of hydrogen-bond acceptors (Lipinski definition) is 2. The van der Waals surface area contributed by atoms with Crippen molar-refractivity contribution in [3.63, 3.8) is 0 Å². The third kappa shape index (κ3) is 2.96. The predicted octanol–water partition coefficient (Wildman–Crippen LogP) is 4.15. The highest BCUT2D eigenvalue weighted by Gasteiger charge is 2.44. The number of rotatable bonds is 6. The average Bonchev–Trinajstić information content (AvgIpc) is 3.31. The first kappa shape index (κ1) is 14.2. The van der Waals surface area contributed by atoms with Gasteiger partial charge in [-0.25, -0.2) is 0 Å². The number of nitrogens with one attached hydrogen (secondary N) is 1. The van der Waals surface area contributed by atoms with Gasteiger partial charge in [0.2, 0.25) is 0 Å². The Kier molecular flexibility index (Phi) is 4.26. The summed E-state index contributed by atoms with van der Waals surface area (Å²) in [6, 6.07) is 19.6. The van der Waals surface area contributed by atoms with Gasteiger partial charge in [-0.1, -0.05) is 48.5 Å². The van der Waals surface area contributed by atoms with E-state index in [1.54, 1.807) is 0 Å². The Morgan fingerprint density at radius 1 is 1.10 bits per heavy atom. The van der Waals surface area contributed by atoms with Gasteiger partial charge in [0.1, 0.15) is 5.75 Å². The minimum absolute atomic E-state index is 0.359. The first-order valence-electron chi connectivity index (χ1n) is 7.79. The molecular weight excluding hydrogens is 258 g/mol. The zero-order chi connectivity index (χ0) is 14.7. The summed E-state index contributed by atoms with van der Waals surface area (Å²) in [6.07, 6.45) is 1.25. The molecule has 0 amide bonds. The monoisotopic (exact) mass is 281 g/mol. The van der Waals surface area contributed by atoms with E-state index in [2.05, 4.69) is 53.8 Å². The molecule has 21 heavy (non-hydrogen) atoms. The van der Waals surface area contributed by atoms with Crippen molar-refractivity contribution >= 4 is 0 Å². The predicted molar refractivity (Wildman–Crippen MR) is 86.7 cm³/mol. The number of para-hydroxylation sites is 1. The van der Waals surface area contributed by atoms with Crippen LogP contribution in [-0.4, -0.2) is 13.7 Å². The molecule has 1 aliphatic rings. The first-order valence-corrected chi connectivity index (χ1v) is 7.79. The summed E-state index contributed by atoms with van der Waals surface area (Å²) in [7, 11) is 2.05. The van der Waals surface area contributed by atoms with Crippen LogP contribution in [0.1, 0.15) is 36.4 Å². The lowest BCUT2D eigenvalue weighted by atomic mass is 9.98. The van der Waals surface area contributed by atoms with E-state index in [-0.39, 0.29) is 0 Å². The molecule has 0 heterocycles. The fraction of sp³-hybridized carbons (Fsp3) is 0.368. The summed E-state index contributed by atoms with van der Waals surface area (Å²) in [5.74, 6) is 2.33. The molecule has 0 aliphatic heterocycles. The van der Waals surface area contributed by atoms with Crippen LogP contribution in [0.15, 0.2) is 54.6 Å². The van der Waals surface area contributed by atoms with Crippen LogP contribution < -0.4 is 10.1 Å². The molecule has 0 bridgehead atoms. The maximum absolute atomic E-state index is 5.80. The van der Waals surface area contributed by atoms with E-state index in [1.165, 1.54) is 17.5 Å². The van der Waals surface area contributed by atoms with Crippen molar-refractivity contribution in [2.75, 3.05) is 13.7 Å². The van der Waals surface area contributed by atoms with Crippen LogP contribution in [0.2, 0.25) is 0 Å². The molecule has 0 spiro atoms. The topological polar surface area (TPSA) is 21.3 Å². The standard InChI is InChI=1S/C19H23NO/c1-3-21-18-12-8-7-11-15(18)19(20-2)17-13-16(17)14-9-5-4-6-10-14/h4-12,16-17,19-20H,3,13H2,1-2H3. The Morgan fingerprint density at radius 2 is 1.81 bits per heavy atom. The summed E-state index contributed by atoms with van der Waals surface area (Å²) in [5.41, 5.74) is 2.74. The Balaban J connectivity index is 1.81. The number of benzene rings is 2. The molecular formula is C19H23NO. The highest BCUT2D eigenvalue weighted by Crippen LogP contribution is 2.54. The van der Waals surface area contributed by atoms with Crippen LogP contribution >= 0.6 is 0 Å². The molecule has 0 aromatic heterocycles. The van der Waals surface area contributed by atoms with Crippen LogP contribution in [0.25, 0.3) is 0 Å². The van der Waals surface area contributed by atoms with Gasteiger partial charge in [0.15, 0.2) is 0 Å². The van der Waals surface area contributed by atoms with Crippen LogP contribution in [0.3, 0.4) is 0 Å². The normalized spacial score (nSPS) is 21.8. The van der Waals surface area contributed by atoms with Gasteiger partial charge in [-0.3, -0.25) is 0 Å². The molecule has 1 aliphatic carbocycles. The molecule has 2 aromatic carbocycles. The second kappa shape index (κ2) is 6.31. The fourth-order valence-corrected chi connectivity index (χ4v) is 3.29. The van der Waals surface area contributed by atoms with Gasteiger partial charge in [0, 0.05) is 11.6 Å². The molecule has 1 fully saturated rings. The van der Waals surface area contributed by atoms with Gasteiger partial charge in [0.05, 0.1) is 6.61 Å². The van der Waals surface area contributed by atoms with Gasteiger partial charge >= 0.3 is 0 Å². The van der Waals surface area contributed by atoms with E-state index in [4.69, 9.17) is 4.74 Å². The van der Waals surface area contributed by atoms with E-state index in [0.29, 0.717) is 24.5 Å². The van der Waals surface area contributed by atoms with Crippen molar-refractivity contribution < 1.29 is 4.74 Å². The lowest BCUT2D eigenvalue weighted by Gasteiger charge is -2.20. The third-order valence-corrected chi connectivity index (χ3v) is 4.36. The number of ether oxygens (including phenoxy) is 1. The zero-order valence-electron chi connectivity index (χ0n) is 12.8. The summed E-state index contributed by atoms with van der Waals surface area (Å²) < 4.78 is 5.80. The van der Waals surface area contributed by atoms with Gasteiger partial charge in [-0.05, 0) is 43.9 Å². The largest absolute Gasteiger partial charge is 0.494 e. The lowest BCUT2D eigenvalue weighted by Crippen LogP contribution is -2.20. The molecule has 2 aromatic rings. The summed E-state index contributed by atoms with van der Waals surface area (Å²) in [6.45, 7) is 2.75. The minimum atomic E-state index is 0.359. The third-order valence-electron chi connectivity index (χ3n) is 4.36. The molecule has 110 valence electrons. The Morgan fingerprint density at radius 3 is 2.52 bits per heavy atom. The number of hydrogen-bond donors (Lipinski definition) is 1. The highest BCUT2D eigenvalue weighted by atomic mass is 16.5. The van der Waals surface area contributed by atoms with Crippen LogP contribution in [0, 0.1) is 5.92 Å². The minimum Gasteiger partial charge on any atom is -0.494 e. The maximum Gasteiger partial charge on any atom is 0.124 e. The molecule has 1 N–H and O–H groups in total. The molecule has 3 unspecified atom stereocenters. The molecule has 2 heteroatoms. The molecule has 3 atom stereocenters. The Hall–Kier alpha value is -1.80. The summed E-state index contributed by atoms with van der Waals surface area (Å²) >= 11 is 0. The SMILES string of the molecule is CCOc1ccccc1C(NC)C1CC1c1ccccc1. The highest BCUT2D eigenvalue weighted by molar-refractivity contribution is 5.39. The quantitative estimate of drug-likeness (QED) is 0.859. The van der Waals surface area contributed by atoms with Gasteiger partial charge in [-0.2, -0.15) is 0 Å². The lowest BCUT2D eigenvalue weighted by molar-refractivity contribution is 0.329. The van der Waals surface area contributed by atoms with Crippen LogP contribution in [-0.2, 0) is 0 Å². The molecule has 1 saturated carbocycles. The molecule has 2 nitrogen and oxygen atoms in total. The van der Waals surface area contributed by atoms with Gasteiger partial charge in [-0.15, -0.1) is 0 Å². The Labute approximate surface area is 127 Å². The Bertz CT molecular complexity index is 581. The molecule has 0 saturated heterocycles. The fourth-order valence-electron chi connectivity index (χ4n) is 3.29. The van der Waals surface area contributed by atoms with Crippen molar-refractivity contribution in [3.8, 4) is 5.75 Å². The van der Waals surface area contributed by atoms with Gasteiger partial charge < -0.3 is 10.1 Å². The summed E-state index contributed by atoms with van der Waals surface area (Å²) in [4.78, 5) is 0. The van der Waals surface area contributed by atoms with Crippen LogP contribution in [0.4, 0.5) is 0 Å². The van der Waals surface area contributed by atoms with E-state index in [9.17, 15) is 0 Å². The van der Waals surface area contributed by atoms with Crippen molar-refractivity contribution in [3.05, 3.63) is 65.7 Å². The van der Waals surface area contributed by atoms with Crippen LogP contribution in [0.5, 0.6) is 5.75 Å². The maximum atomic E-state index is 5.80. The van der Waals surface area contributed by atoms with Crippen molar-refractivity contribution in [1.29, 1.82) is 0 Å².